The van der Waals surface area contributed by atoms with Gasteiger partial charge in [0.05, 0.1) is 18.2 Å². The van der Waals surface area contributed by atoms with Crippen molar-refractivity contribution < 1.29 is 14.3 Å². The predicted molar refractivity (Wildman–Crippen MR) is 97.3 cm³/mol. The second-order valence-electron chi connectivity index (χ2n) is 5.79. The van der Waals surface area contributed by atoms with Crippen molar-refractivity contribution in [2.75, 3.05) is 19.4 Å². The molecule has 1 aliphatic rings. The van der Waals surface area contributed by atoms with Crippen LogP contribution in [0.4, 0.5) is 0 Å². The maximum atomic E-state index is 12.7. The van der Waals surface area contributed by atoms with Crippen LogP contribution < -0.4 is 10.9 Å². The highest BCUT2D eigenvalue weighted by Crippen LogP contribution is 2.34. The van der Waals surface area contributed by atoms with Crippen molar-refractivity contribution >= 4 is 45.2 Å². The van der Waals surface area contributed by atoms with Gasteiger partial charge in [-0.2, -0.15) is 0 Å². The van der Waals surface area contributed by atoms with Crippen LogP contribution in [0.1, 0.15) is 23.3 Å². The molecule has 0 atom stereocenters. The fraction of sp³-hybridized carbons (Fsp3) is 0.500. The largest absolute Gasteiger partial charge is 0.468 e. The summed E-state index contributed by atoms with van der Waals surface area (Å²) >= 11 is 2.77. The summed E-state index contributed by atoms with van der Waals surface area (Å²) in [7, 11) is 2.94. The number of thioether (sulfide) groups is 1. The van der Waals surface area contributed by atoms with Gasteiger partial charge in [0, 0.05) is 11.9 Å². The third kappa shape index (κ3) is 3.72. The number of esters is 1. The van der Waals surface area contributed by atoms with Gasteiger partial charge in [0.1, 0.15) is 11.4 Å². The number of thiophene rings is 1. The molecule has 1 amide bonds. The molecule has 2 heterocycles. The fourth-order valence-electron chi connectivity index (χ4n) is 2.82. The minimum Gasteiger partial charge on any atom is -0.468 e. The Morgan fingerprint density at radius 2 is 2.12 bits per heavy atom. The van der Waals surface area contributed by atoms with E-state index >= 15 is 0 Å². The van der Waals surface area contributed by atoms with E-state index < -0.39 is 5.97 Å². The predicted octanol–water partition coefficient (Wildman–Crippen LogP) is 1.26. The Hall–Kier alpha value is -1.87. The number of rotatable bonds is 5. The molecule has 3 rings (SSSR count). The Labute approximate surface area is 152 Å². The minimum atomic E-state index is -0.505. The van der Waals surface area contributed by atoms with Crippen molar-refractivity contribution in [1.82, 2.24) is 14.9 Å². The Morgan fingerprint density at radius 3 is 2.88 bits per heavy atom. The van der Waals surface area contributed by atoms with Crippen LogP contribution >= 0.6 is 23.1 Å². The number of amides is 1. The summed E-state index contributed by atoms with van der Waals surface area (Å²) in [6.07, 6.45) is 4.22. The Bertz CT molecular complexity index is 888. The van der Waals surface area contributed by atoms with Gasteiger partial charge in [0.2, 0.25) is 5.91 Å². The highest BCUT2D eigenvalue weighted by Gasteiger charge is 2.21. The van der Waals surface area contributed by atoms with Crippen LogP contribution in [0.5, 0.6) is 0 Å². The van der Waals surface area contributed by atoms with Crippen LogP contribution in [0.3, 0.4) is 0 Å². The number of ether oxygens (including phenoxy) is 1. The summed E-state index contributed by atoms with van der Waals surface area (Å²) < 4.78 is 5.97. The van der Waals surface area contributed by atoms with Gasteiger partial charge in [-0.05, 0) is 31.2 Å². The molecule has 9 heteroatoms. The number of methoxy groups -OCH3 is 1. The lowest BCUT2D eigenvalue weighted by atomic mass is 9.97. The van der Waals surface area contributed by atoms with E-state index in [1.54, 1.807) is 18.4 Å². The third-order valence-electron chi connectivity index (χ3n) is 4.15. The maximum Gasteiger partial charge on any atom is 0.325 e. The van der Waals surface area contributed by atoms with Crippen molar-refractivity contribution in [1.29, 1.82) is 0 Å². The molecule has 0 saturated heterocycles. The first kappa shape index (κ1) is 17.9. The summed E-state index contributed by atoms with van der Waals surface area (Å²) in [5.74, 6) is -0.738. The number of carbonyl (C=O) groups is 2. The molecule has 2 aromatic heterocycles. The number of nitrogens with zero attached hydrogens (tertiary/aromatic N) is 2. The number of hydrogen-bond acceptors (Lipinski definition) is 7. The average molecular weight is 381 g/mol. The maximum absolute atomic E-state index is 12.7. The van der Waals surface area contributed by atoms with E-state index in [1.165, 1.54) is 28.3 Å². The van der Waals surface area contributed by atoms with Crippen LogP contribution in [-0.4, -0.2) is 40.8 Å². The molecule has 0 bridgehead atoms. The Kier molecular flexibility index (Phi) is 5.43. The zero-order valence-corrected chi connectivity index (χ0v) is 15.7. The molecule has 25 heavy (non-hydrogen) atoms. The summed E-state index contributed by atoms with van der Waals surface area (Å²) in [5, 5.41) is 3.71. The summed E-state index contributed by atoms with van der Waals surface area (Å²) in [5.41, 5.74) is 1.11. The monoisotopic (exact) mass is 381 g/mol. The second-order valence-corrected chi connectivity index (χ2v) is 7.82. The van der Waals surface area contributed by atoms with Crippen LogP contribution in [0.2, 0.25) is 0 Å². The van der Waals surface area contributed by atoms with Crippen LogP contribution in [0.25, 0.3) is 10.2 Å². The lowest BCUT2D eigenvalue weighted by molar-refractivity contribution is -0.140. The highest BCUT2D eigenvalue weighted by atomic mass is 32.2. The van der Waals surface area contributed by atoms with Gasteiger partial charge in [0.25, 0.3) is 5.56 Å². The van der Waals surface area contributed by atoms with Gasteiger partial charge < -0.3 is 10.1 Å². The van der Waals surface area contributed by atoms with E-state index in [2.05, 4.69) is 15.0 Å². The van der Waals surface area contributed by atoms with E-state index in [1.807, 2.05) is 0 Å². The molecule has 0 aromatic carbocycles. The van der Waals surface area contributed by atoms with Crippen molar-refractivity contribution in [3.05, 3.63) is 20.8 Å². The van der Waals surface area contributed by atoms with E-state index in [-0.39, 0.29) is 23.8 Å². The van der Waals surface area contributed by atoms with Crippen LogP contribution in [0.15, 0.2) is 9.95 Å². The molecular formula is C16H19N3O4S2. The van der Waals surface area contributed by atoms with E-state index in [0.29, 0.717) is 5.16 Å². The average Bonchev–Trinajstić information content (AvgIpc) is 2.99. The van der Waals surface area contributed by atoms with Crippen LogP contribution in [0, 0.1) is 0 Å². The first-order valence-corrected chi connectivity index (χ1v) is 9.79. The molecule has 0 aliphatic heterocycles. The number of nitrogens with one attached hydrogen (secondary N) is 1. The molecule has 0 fully saturated rings. The van der Waals surface area contributed by atoms with Crippen molar-refractivity contribution in [3.8, 4) is 0 Å². The van der Waals surface area contributed by atoms with Gasteiger partial charge in [0.15, 0.2) is 5.16 Å². The Balaban J connectivity index is 1.78. The quantitative estimate of drug-likeness (QED) is 0.476. The zero-order valence-electron chi connectivity index (χ0n) is 14.1. The zero-order chi connectivity index (χ0) is 18.0. The van der Waals surface area contributed by atoms with Gasteiger partial charge >= 0.3 is 5.97 Å². The van der Waals surface area contributed by atoms with E-state index in [0.717, 1.165) is 41.5 Å². The molecular weight excluding hydrogens is 362 g/mol. The molecule has 134 valence electrons. The third-order valence-corrected chi connectivity index (χ3v) is 6.36. The highest BCUT2D eigenvalue weighted by molar-refractivity contribution is 7.99. The topological polar surface area (TPSA) is 90.3 Å². The molecule has 0 spiro atoms. The standard InChI is InChI=1S/C16H19N3O4S2/c1-19-15(22)13-9-5-3-4-6-10(9)25-14(13)18-16(19)24-8-11(20)17-7-12(21)23-2/h3-8H2,1-2H3,(H,17,20). The van der Waals surface area contributed by atoms with Gasteiger partial charge in [-0.15, -0.1) is 11.3 Å². The van der Waals surface area contributed by atoms with Gasteiger partial charge in [-0.25, -0.2) is 4.98 Å². The second kappa shape index (κ2) is 7.57. The number of hydrogen-bond donors (Lipinski definition) is 1. The Morgan fingerprint density at radius 1 is 1.36 bits per heavy atom. The number of aryl methyl sites for hydroxylation is 2. The molecule has 2 aromatic rings. The first-order chi connectivity index (χ1) is 12.0. The molecule has 0 radical (unpaired) electrons. The smallest absolute Gasteiger partial charge is 0.325 e. The number of carbonyl (C=O) groups excluding carboxylic acids is 2. The van der Waals surface area contributed by atoms with Gasteiger partial charge in [-0.3, -0.25) is 19.0 Å². The van der Waals surface area contributed by atoms with Crippen molar-refractivity contribution in [2.24, 2.45) is 7.05 Å². The molecule has 0 unspecified atom stereocenters. The summed E-state index contributed by atoms with van der Waals surface area (Å²) in [6, 6.07) is 0. The SMILES string of the molecule is COC(=O)CNC(=O)CSc1nc2sc3c(c2c(=O)n1C)CCCC3. The molecule has 1 N–H and O–H groups in total. The van der Waals surface area contributed by atoms with Crippen molar-refractivity contribution in [2.45, 2.75) is 30.8 Å². The number of fused-ring (bicyclic) bond motifs is 3. The first-order valence-electron chi connectivity index (χ1n) is 7.99. The van der Waals surface area contributed by atoms with Crippen molar-refractivity contribution in [3.63, 3.8) is 0 Å². The van der Waals surface area contributed by atoms with E-state index in [9.17, 15) is 14.4 Å². The van der Waals surface area contributed by atoms with Crippen LogP contribution in [-0.2, 0) is 34.2 Å². The lowest BCUT2D eigenvalue weighted by Crippen LogP contribution is -2.31. The summed E-state index contributed by atoms with van der Waals surface area (Å²) in [4.78, 5) is 42.2. The fourth-order valence-corrected chi connectivity index (χ4v) is 4.92. The van der Waals surface area contributed by atoms with E-state index in [4.69, 9.17) is 0 Å². The molecule has 0 saturated carbocycles. The minimum absolute atomic E-state index is 0.0538. The lowest BCUT2D eigenvalue weighted by Gasteiger charge is -2.10. The molecule has 1 aliphatic carbocycles. The van der Waals surface area contributed by atoms with Gasteiger partial charge in [-0.1, -0.05) is 11.8 Å². The molecule has 7 nitrogen and oxygen atoms in total. The summed E-state index contributed by atoms with van der Waals surface area (Å²) in [6.45, 7) is -0.168. The normalized spacial score (nSPS) is 13.5. The number of aromatic nitrogens is 2.